The smallest absolute Gasteiger partial charge is 0.315 e. The van der Waals surface area contributed by atoms with Gasteiger partial charge in [-0.25, -0.2) is 13.2 Å². The van der Waals surface area contributed by atoms with Crippen LogP contribution in [0, 0.1) is 11.3 Å². The number of Topliss-reactive ketones (excluding diaryl/α,β-unsaturated/α-hetero) is 1. The van der Waals surface area contributed by atoms with Gasteiger partial charge in [-0.1, -0.05) is 78.6 Å². The van der Waals surface area contributed by atoms with Crippen molar-refractivity contribution in [2.75, 3.05) is 18.8 Å². The summed E-state index contributed by atoms with van der Waals surface area (Å²) in [7, 11) is -3.60. The van der Waals surface area contributed by atoms with Gasteiger partial charge in [0.2, 0.25) is 17.6 Å². The molecule has 0 spiro atoms. The lowest BCUT2D eigenvalue weighted by molar-refractivity contribution is -0.154. The molecule has 0 heterocycles. The van der Waals surface area contributed by atoms with Gasteiger partial charge in [0.25, 0.3) is 5.91 Å². The number of amides is 5. The second-order valence-corrected chi connectivity index (χ2v) is 21.8. The first-order chi connectivity index (χ1) is 27.0. The van der Waals surface area contributed by atoms with E-state index >= 15 is 0 Å². The highest BCUT2D eigenvalue weighted by Crippen LogP contribution is 2.40. The second-order valence-electron chi connectivity index (χ2n) is 19.2. The van der Waals surface area contributed by atoms with Crippen LogP contribution in [0.15, 0.2) is 0 Å². The summed E-state index contributed by atoms with van der Waals surface area (Å²) < 4.78 is 31.7. The molecule has 0 saturated heterocycles. The summed E-state index contributed by atoms with van der Waals surface area (Å²) in [5.74, 6) is -3.31. The van der Waals surface area contributed by atoms with E-state index in [4.69, 9.17) is 4.74 Å². The maximum absolute atomic E-state index is 14.9. The van der Waals surface area contributed by atoms with E-state index in [1.807, 2.05) is 20.8 Å². The molecule has 0 bridgehead atoms. The van der Waals surface area contributed by atoms with Crippen LogP contribution in [0.25, 0.3) is 0 Å². The Morgan fingerprint density at radius 2 is 1.43 bits per heavy atom. The minimum absolute atomic E-state index is 0.104. The molecule has 0 aliphatic heterocycles. The molecule has 4 N–H and O–H groups in total. The van der Waals surface area contributed by atoms with Crippen molar-refractivity contribution in [3.05, 3.63) is 0 Å². The summed E-state index contributed by atoms with van der Waals surface area (Å²) in [6.45, 7) is 16.0. The summed E-state index contributed by atoms with van der Waals surface area (Å²) in [6.07, 6.45) is 11.4. The Bertz CT molecular complexity index is 1560. The van der Waals surface area contributed by atoms with Crippen molar-refractivity contribution in [2.45, 2.75) is 205 Å². The molecule has 58 heavy (non-hydrogen) atoms. The molecule has 0 aromatic rings. The molecule has 15 heteroatoms. The van der Waals surface area contributed by atoms with E-state index in [0.29, 0.717) is 38.5 Å². The van der Waals surface area contributed by atoms with Crippen molar-refractivity contribution >= 4 is 45.3 Å². The van der Waals surface area contributed by atoms with Gasteiger partial charge in [0.15, 0.2) is 9.84 Å². The molecule has 3 rings (SSSR count). The second kappa shape index (κ2) is 20.8. The molecular weight excluding hydrogens is 763 g/mol. The van der Waals surface area contributed by atoms with Gasteiger partial charge in [-0.05, 0) is 97.8 Å². The highest BCUT2D eigenvalue weighted by atomic mass is 32.2. The van der Waals surface area contributed by atoms with Gasteiger partial charge in [0.1, 0.15) is 17.7 Å². The predicted octanol–water partition coefficient (Wildman–Crippen LogP) is 5.65. The Hall–Kier alpha value is -3.23. The quantitative estimate of drug-likeness (QED) is 0.0885. The lowest BCUT2D eigenvalue weighted by Crippen LogP contribution is -2.65. The fourth-order valence-electron chi connectivity index (χ4n) is 8.45. The Balaban J connectivity index is 1.84. The summed E-state index contributed by atoms with van der Waals surface area (Å²) >= 11 is 0. The van der Waals surface area contributed by atoms with Gasteiger partial charge < -0.3 is 30.9 Å². The maximum Gasteiger partial charge on any atom is 0.315 e. The summed E-state index contributed by atoms with van der Waals surface area (Å²) in [5.41, 5.74) is -2.30. The average Bonchev–Trinajstić information content (AvgIpc) is 3.12. The zero-order chi connectivity index (χ0) is 43.5. The van der Waals surface area contributed by atoms with Crippen LogP contribution in [0.1, 0.15) is 171 Å². The average molecular weight is 838 g/mol. The number of carbonyl (C=O) groups excluding carboxylic acids is 6. The van der Waals surface area contributed by atoms with Crippen molar-refractivity contribution in [1.29, 1.82) is 0 Å². The van der Waals surface area contributed by atoms with Gasteiger partial charge in [0.05, 0.1) is 28.5 Å². The number of urea groups is 1. The topological polar surface area (TPSA) is 197 Å². The summed E-state index contributed by atoms with van der Waals surface area (Å²) in [5, 5.41) is 11.4. The number of hydrogen-bond donors (Lipinski definition) is 4. The van der Waals surface area contributed by atoms with E-state index in [-0.39, 0.29) is 37.6 Å². The highest BCUT2D eigenvalue weighted by Gasteiger charge is 2.47. The molecule has 0 radical (unpaired) electrons. The monoisotopic (exact) mass is 838 g/mol. The molecular formula is C43H75N5O9S. The van der Waals surface area contributed by atoms with E-state index in [1.54, 1.807) is 41.5 Å². The highest BCUT2D eigenvalue weighted by molar-refractivity contribution is 7.92. The number of nitrogens with zero attached hydrogens (tertiary/aromatic N) is 1. The standard InChI is InChI=1S/C43H75N5O9S/c1-10-27-48(30(3)36(51)45-32(28-31-19-18-20-31)34(50)37(52)44-26-21-33(49)57-40(4,5)6)38(53)35(42(9)22-14-12-15-23-42)46-39(54)47-43(24-16-13-17-25-43)29-58(55,56)41(7,8)11-2/h30-32,35H,10-29H2,1-9H3,(H,44,52)(H,45,51)(H2,46,47,54)/t30-,32?,35+/m0/s1. The van der Waals surface area contributed by atoms with Crippen LogP contribution in [0.2, 0.25) is 0 Å². The van der Waals surface area contributed by atoms with E-state index in [0.717, 1.165) is 57.8 Å². The van der Waals surface area contributed by atoms with Gasteiger partial charge in [-0.3, -0.25) is 24.0 Å². The Morgan fingerprint density at radius 1 is 0.845 bits per heavy atom. The number of ketones is 1. The maximum atomic E-state index is 14.9. The Morgan fingerprint density at radius 3 is 1.95 bits per heavy atom. The van der Waals surface area contributed by atoms with Crippen LogP contribution < -0.4 is 21.3 Å². The first-order valence-electron chi connectivity index (χ1n) is 21.9. The molecule has 14 nitrogen and oxygen atoms in total. The lowest BCUT2D eigenvalue weighted by Gasteiger charge is -2.44. The largest absolute Gasteiger partial charge is 0.460 e. The number of ether oxygens (including phenoxy) is 1. The van der Waals surface area contributed by atoms with E-state index < -0.39 is 84.8 Å². The zero-order valence-electron chi connectivity index (χ0n) is 37.0. The third-order valence-corrected chi connectivity index (χ3v) is 15.7. The normalized spacial score (nSPS) is 19.9. The van der Waals surface area contributed by atoms with E-state index in [1.165, 1.54) is 4.90 Å². The van der Waals surface area contributed by atoms with Crippen LogP contribution in [0.3, 0.4) is 0 Å². The van der Waals surface area contributed by atoms with Crippen molar-refractivity contribution in [2.24, 2.45) is 11.3 Å². The Labute approximate surface area is 348 Å². The fraction of sp³-hybridized carbons (Fsp3) is 0.860. The molecule has 3 fully saturated rings. The summed E-state index contributed by atoms with van der Waals surface area (Å²) in [4.78, 5) is 83.2. The van der Waals surface area contributed by atoms with Gasteiger partial charge in [-0.2, -0.15) is 0 Å². The number of esters is 1. The third-order valence-electron chi connectivity index (χ3n) is 12.8. The molecule has 0 aromatic heterocycles. The molecule has 3 aliphatic rings. The van der Waals surface area contributed by atoms with Crippen molar-refractivity contribution in [3.63, 3.8) is 0 Å². The minimum atomic E-state index is -3.60. The number of sulfone groups is 1. The van der Waals surface area contributed by atoms with Gasteiger partial charge in [0, 0.05) is 13.1 Å². The molecule has 5 amide bonds. The first kappa shape index (κ1) is 49.1. The van der Waals surface area contributed by atoms with Crippen LogP contribution in [-0.2, 0) is 38.5 Å². The van der Waals surface area contributed by atoms with E-state index in [9.17, 15) is 37.2 Å². The number of carbonyl (C=O) groups is 6. The first-order valence-corrected chi connectivity index (χ1v) is 23.6. The van der Waals surface area contributed by atoms with Crippen molar-refractivity contribution in [1.82, 2.24) is 26.2 Å². The number of nitrogens with one attached hydrogen (secondary N) is 4. The number of rotatable bonds is 20. The zero-order valence-corrected chi connectivity index (χ0v) is 37.8. The van der Waals surface area contributed by atoms with Crippen LogP contribution >= 0.6 is 0 Å². The Kier molecular flexibility index (Phi) is 17.7. The van der Waals surface area contributed by atoms with Crippen molar-refractivity contribution < 1.29 is 41.9 Å². The summed E-state index contributed by atoms with van der Waals surface area (Å²) in [6, 6.07) is -3.79. The van der Waals surface area contributed by atoms with Crippen LogP contribution in [-0.4, -0.2) is 102 Å². The predicted molar refractivity (Wildman–Crippen MR) is 224 cm³/mol. The van der Waals surface area contributed by atoms with E-state index in [2.05, 4.69) is 21.3 Å². The van der Waals surface area contributed by atoms with Crippen LogP contribution in [0.5, 0.6) is 0 Å². The fourth-order valence-corrected chi connectivity index (χ4v) is 10.4. The van der Waals surface area contributed by atoms with Gasteiger partial charge >= 0.3 is 12.0 Å². The molecule has 3 saturated carbocycles. The number of hydrogen-bond acceptors (Lipinski definition) is 9. The minimum Gasteiger partial charge on any atom is -0.460 e. The molecule has 3 aliphatic carbocycles. The van der Waals surface area contributed by atoms with Gasteiger partial charge in [-0.15, -0.1) is 0 Å². The van der Waals surface area contributed by atoms with Crippen molar-refractivity contribution in [3.8, 4) is 0 Å². The van der Waals surface area contributed by atoms with Crippen LogP contribution in [0.4, 0.5) is 4.79 Å². The molecule has 0 aromatic carbocycles. The lowest BCUT2D eigenvalue weighted by atomic mass is 9.70. The molecule has 332 valence electrons. The SMILES string of the molecule is CCCN(C(=O)[C@@H](NC(=O)NC1(CS(=O)(=O)C(C)(C)CC)CCCCC1)C1(C)CCCCC1)[C@@H](C)C(=O)NC(CC1CCC1)C(=O)C(=O)NCCC(=O)OC(C)(C)C. The molecule has 3 atom stereocenters. The molecule has 1 unspecified atom stereocenters. The third kappa shape index (κ3) is 13.7.